The molecule has 1 amide bonds. The zero-order valence-corrected chi connectivity index (χ0v) is 18.7. The number of benzene rings is 1. The highest BCUT2D eigenvalue weighted by Gasteiger charge is 2.03. The van der Waals surface area contributed by atoms with Gasteiger partial charge in [0.2, 0.25) is 5.91 Å². The van der Waals surface area contributed by atoms with Crippen LogP contribution in [0, 0.1) is 0 Å². The summed E-state index contributed by atoms with van der Waals surface area (Å²) < 4.78 is 0. The quantitative estimate of drug-likeness (QED) is 0.153. The molecule has 0 spiro atoms. The first-order chi connectivity index (χ1) is 14.6. The molecule has 0 aromatic heterocycles. The van der Waals surface area contributed by atoms with Gasteiger partial charge in [0.1, 0.15) is 0 Å². The second kappa shape index (κ2) is 17.6. The number of hydrogen-bond acceptors (Lipinski definition) is 3. The minimum Gasteiger partial charge on any atom is -0.504 e. The average molecular weight is 416 g/mol. The molecule has 1 rings (SSSR count). The van der Waals surface area contributed by atoms with Gasteiger partial charge in [0.25, 0.3) is 0 Å². The van der Waals surface area contributed by atoms with Crippen molar-refractivity contribution in [3.8, 4) is 11.5 Å². The largest absolute Gasteiger partial charge is 0.504 e. The first-order valence-electron chi connectivity index (χ1n) is 11.7. The molecule has 0 bridgehead atoms. The standard InChI is InChI=1S/C26H41NO3/c1-2-3-4-5-6-7-8-9-10-11-12-13-14-15-16-17-26(30)27-21-20-23-18-19-24(28)25(29)22-23/h6-7,9-10,18-19,22,28-29H,2-5,8,11-17,20-21H2,1H3,(H,27,30)/b7-6-,10-9-. The summed E-state index contributed by atoms with van der Waals surface area (Å²) in [4.78, 5) is 11.9. The summed E-state index contributed by atoms with van der Waals surface area (Å²) in [5.41, 5.74) is 0.891. The molecule has 168 valence electrons. The van der Waals surface area contributed by atoms with Crippen LogP contribution in [0.1, 0.15) is 89.5 Å². The molecule has 0 saturated heterocycles. The van der Waals surface area contributed by atoms with Gasteiger partial charge in [0, 0.05) is 13.0 Å². The zero-order chi connectivity index (χ0) is 21.9. The van der Waals surface area contributed by atoms with E-state index in [9.17, 15) is 15.0 Å². The van der Waals surface area contributed by atoms with Crippen LogP contribution in [0.4, 0.5) is 0 Å². The van der Waals surface area contributed by atoms with Crippen molar-refractivity contribution in [2.75, 3.05) is 6.54 Å². The van der Waals surface area contributed by atoms with Crippen molar-refractivity contribution in [1.29, 1.82) is 0 Å². The van der Waals surface area contributed by atoms with E-state index >= 15 is 0 Å². The molecule has 0 aliphatic rings. The van der Waals surface area contributed by atoms with E-state index in [0.717, 1.165) is 31.2 Å². The minimum atomic E-state index is -0.121. The number of rotatable bonds is 17. The summed E-state index contributed by atoms with van der Waals surface area (Å²) in [6.45, 7) is 2.78. The van der Waals surface area contributed by atoms with Gasteiger partial charge in [-0.15, -0.1) is 0 Å². The van der Waals surface area contributed by atoms with Crippen LogP contribution in [-0.4, -0.2) is 22.7 Å². The first kappa shape index (κ1) is 25.8. The van der Waals surface area contributed by atoms with E-state index < -0.39 is 0 Å². The lowest BCUT2D eigenvalue weighted by Gasteiger charge is -2.06. The van der Waals surface area contributed by atoms with Crippen LogP contribution in [0.2, 0.25) is 0 Å². The van der Waals surface area contributed by atoms with Crippen LogP contribution in [0.5, 0.6) is 11.5 Å². The molecule has 0 aliphatic carbocycles. The van der Waals surface area contributed by atoms with E-state index in [2.05, 4.69) is 36.5 Å². The molecule has 0 unspecified atom stereocenters. The van der Waals surface area contributed by atoms with Gasteiger partial charge in [-0.25, -0.2) is 0 Å². The van der Waals surface area contributed by atoms with Crippen molar-refractivity contribution in [2.24, 2.45) is 0 Å². The number of amides is 1. The van der Waals surface area contributed by atoms with Crippen molar-refractivity contribution < 1.29 is 15.0 Å². The lowest BCUT2D eigenvalue weighted by atomic mass is 10.1. The van der Waals surface area contributed by atoms with Crippen molar-refractivity contribution in [3.05, 3.63) is 48.1 Å². The van der Waals surface area contributed by atoms with Crippen LogP contribution >= 0.6 is 0 Å². The molecule has 0 radical (unpaired) electrons. The molecule has 4 nitrogen and oxygen atoms in total. The summed E-state index contributed by atoms with van der Waals surface area (Å²) in [6.07, 6.45) is 23.3. The van der Waals surface area contributed by atoms with E-state index in [0.29, 0.717) is 19.4 Å². The predicted molar refractivity (Wildman–Crippen MR) is 126 cm³/mol. The van der Waals surface area contributed by atoms with Gasteiger partial charge in [-0.05, 0) is 62.6 Å². The molecular weight excluding hydrogens is 374 g/mol. The Morgan fingerprint density at radius 1 is 0.867 bits per heavy atom. The van der Waals surface area contributed by atoms with E-state index in [4.69, 9.17) is 0 Å². The maximum Gasteiger partial charge on any atom is 0.220 e. The monoisotopic (exact) mass is 415 g/mol. The minimum absolute atomic E-state index is 0.0867. The Bertz CT molecular complexity index is 637. The third kappa shape index (κ3) is 13.9. The van der Waals surface area contributed by atoms with Crippen molar-refractivity contribution in [2.45, 2.75) is 90.4 Å². The zero-order valence-electron chi connectivity index (χ0n) is 18.7. The number of nitrogens with one attached hydrogen (secondary N) is 1. The molecular formula is C26H41NO3. The number of allylic oxidation sites excluding steroid dienone is 4. The smallest absolute Gasteiger partial charge is 0.220 e. The molecule has 0 heterocycles. The fraction of sp³-hybridized carbons (Fsp3) is 0.577. The summed E-state index contributed by atoms with van der Waals surface area (Å²) >= 11 is 0. The molecule has 1 aromatic carbocycles. The second-order valence-electron chi connectivity index (χ2n) is 7.90. The number of carbonyl (C=O) groups excluding carboxylic acids is 1. The third-order valence-corrected chi connectivity index (χ3v) is 5.13. The fourth-order valence-electron chi connectivity index (χ4n) is 3.26. The van der Waals surface area contributed by atoms with Gasteiger partial charge < -0.3 is 15.5 Å². The lowest BCUT2D eigenvalue weighted by Crippen LogP contribution is -2.25. The number of phenolic OH excluding ortho intramolecular Hbond substituents is 2. The van der Waals surface area contributed by atoms with Crippen LogP contribution in [0.15, 0.2) is 42.5 Å². The number of phenols is 2. The number of unbranched alkanes of at least 4 members (excludes halogenated alkanes) is 8. The Morgan fingerprint density at radius 2 is 1.53 bits per heavy atom. The maximum absolute atomic E-state index is 11.9. The highest BCUT2D eigenvalue weighted by atomic mass is 16.3. The van der Waals surface area contributed by atoms with Gasteiger partial charge in [-0.3, -0.25) is 4.79 Å². The van der Waals surface area contributed by atoms with E-state index in [1.54, 1.807) is 6.07 Å². The van der Waals surface area contributed by atoms with Crippen molar-refractivity contribution in [3.63, 3.8) is 0 Å². The van der Waals surface area contributed by atoms with Crippen molar-refractivity contribution >= 4 is 5.91 Å². The topological polar surface area (TPSA) is 69.6 Å². The van der Waals surface area contributed by atoms with Crippen LogP contribution in [0.3, 0.4) is 0 Å². The molecule has 0 saturated carbocycles. The number of carbonyl (C=O) groups is 1. The predicted octanol–water partition coefficient (Wildman–Crippen LogP) is 6.57. The fourth-order valence-corrected chi connectivity index (χ4v) is 3.26. The van der Waals surface area contributed by atoms with Crippen LogP contribution in [-0.2, 0) is 11.2 Å². The van der Waals surface area contributed by atoms with Gasteiger partial charge in [-0.1, -0.05) is 69.4 Å². The second-order valence-corrected chi connectivity index (χ2v) is 7.90. The Labute approximate surface area is 183 Å². The summed E-state index contributed by atoms with van der Waals surface area (Å²) in [5.74, 6) is -0.156. The maximum atomic E-state index is 11.9. The highest BCUT2D eigenvalue weighted by molar-refractivity contribution is 5.75. The normalized spacial score (nSPS) is 11.5. The van der Waals surface area contributed by atoms with Gasteiger partial charge in [-0.2, -0.15) is 0 Å². The van der Waals surface area contributed by atoms with Gasteiger partial charge >= 0.3 is 0 Å². The van der Waals surface area contributed by atoms with Gasteiger partial charge in [0.05, 0.1) is 0 Å². The summed E-state index contributed by atoms with van der Waals surface area (Å²) in [5, 5.41) is 21.7. The Hall–Kier alpha value is -2.23. The molecule has 1 aromatic rings. The first-order valence-corrected chi connectivity index (χ1v) is 11.7. The summed E-state index contributed by atoms with van der Waals surface area (Å²) in [6, 6.07) is 4.75. The lowest BCUT2D eigenvalue weighted by molar-refractivity contribution is -0.121. The highest BCUT2D eigenvalue weighted by Crippen LogP contribution is 2.24. The SMILES string of the molecule is CCCCC/C=C\C/C=C\CCCCCCCC(=O)NCCc1ccc(O)c(O)c1. The number of hydrogen-bond donors (Lipinski definition) is 3. The Morgan fingerprint density at radius 3 is 2.23 bits per heavy atom. The molecule has 3 N–H and O–H groups in total. The van der Waals surface area contributed by atoms with Gasteiger partial charge in [0.15, 0.2) is 11.5 Å². The van der Waals surface area contributed by atoms with E-state index in [1.807, 2.05) is 0 Å². The van der Waals surface area contributed by atoms with Crippen LogP contribution < -0.4 is 5.32 Å². The molecule has 0 aliphatic heterocycles. The Kier molecular flexibility index (Phi) is 15.2. The van der Waals surface area contributed by atoms with E-state index in [1.165, 1.54) is 57.1 Å². The number of aromatic hydroxyl groups is 2. The third-order valence-electron chi connectivity index (χ3n) is 5.13. The molecule has 30 heavy (non-hydrogen) atoms. The average Bonchev–Trinajstić information content (AvgIpc) is 2.73. The molecule has 0 atom stereocenters. The molecule has 0 fully saturated rings. The Balaban J connectivity index is 1.90. The summed E-state index contributed by atoms with van der Waals surface area (Å²) in [7, 11) is 0. The van der Waals surface area contributed by atoms with Crippen LogP contribution in [0.25, 0.3) is 0 Å². The molecule has 4 heteroatoms. The van der Waals surface area contributed by atoms with E-state index in [-0.39, 0.29) is 17.4 Å². The van der Waals surface area contributed by atoms with Crippen molar-refractivity contribution in [1.82, 2.24) is 5.32 Å².